The van der Waals surface area contributed by atoms with Gasteiger partial charge in [-0.3, -0.25) is 9.59 Å². The van der Waals surface area contributed by atoms with E-state index in [1.54, 1.807) is 6.20 Å². The first-order valence-corrected chi connectivity index (χ1v) is 5.31. The third kappa shape index (κ3) is 1.43. The molecule has 86 valence electrons. The number of rotatable bonds is 1. The Balaban J connectivity index is 2.18. The molecule has 1 fully saturated rings. The average Bonchev–Trinajstić information content (AvgIpc) is 2.80. The molecule has 2 aromatic rings. The first kappa shape index (κ1) is 10.0. The molecule has 1 saturated heterocycles. The molecule has 0 saturated carbocycles. The molecule has 0 N–H and O–H groups in total. The van der Waals surface area contributed by atoms with Crippen molar-refractivity contribution in [1.29, 1.82) is 0 Å². The van der Waals surface area contributed by atoms with E-state index in [1.807, 2.05) is 29.9 Å². The summed E-state index contributed by atoms with van der Waals surface area (Å²) in [4.78, 5) is 26.9. The quantitative estimate of drug-likeness (QED) is 0.544. The highest BCUT2D eigenvalue weighted by atomic mass is 16.6. The van der Waals surface area contributed by atoms with E-state index < -0.39 is 17.9 Å². The SMILES string of the molecule is Cn1cc(C2CC(=O)OC2=O)c2cccnc21. The van der Waals surface area contributed by atoms with E-state index in [0.717, 1.165) is 16.6 Å². The molecule has 1 unspecified atom stereocenters. The van der Waals surface area contributed by atoms with Crippen molar-refractivity contribution < 1.29 is 14.3 Å². The first-order valence-electron chi connectivity index (χ1n) is 5.31. The van der Waals surface area contributed by atoms with Crippen LogP contribution in [0.4, 0.5) is 0 Å². The van der Waals surface area contributed by atoms with Gasteiger partial charge >= 0.3 is 11.9 Å². The van der Waals surface area contributed by atoms with Crippen LogP contribution < -0.4 is 0 Å². The zero-order valence-corrected chi connectivity index (χ0v) is 9.21. The fraction of sp³-hybridized carbons (Fsp3) is 0.250. The van der Waals surface area contributed by atoms with Crippen LogP contribution in [0.25, 0.3) is 11.0 Å². The molecule has 0 amide bonds. The Labute approximate surface area is 97.0 Å². The summed E-state index contributed by atoms with van der Waals surface area (Å²) in [5.41, 5.74) is 1.61. The van der Waals surface area contributed by atoms with E-state index in [4.69, 9.17) is 0 Å². The lowest BCUT2D eigenvalue weighted by molar-refractivity contribution is -0.152. The van der Waals surface area contributed by atoms with Crippen molar-refractivity contribution in [3.05, 3.63) is 30.1 Å². The molecule has 0 aromatic carbocycles. The first-order chi connectivity index (χ1) is 8.16. The maximum Gasteiger partial charge on any atom is 0.321 e. The summed E-state index contributed by atoms with van der Waals surface area (Å²) >= 11 is 0. The zero-order valence-electron chi connectivity index (χ0n) is 9.21. The standard InChI is InChI=1S/C12H10N2O3/c1-14-6-9(7-3-2-4-13-11(7)14)8-5-10(15)17-12(8)16/h2-4,6,8H,5H2,1H3. The van der Waals surface area contributed by atoms with Crippen LogP contribution in [0.15, 0.2) is 24.5 Å². The van der Waals surface area contributed by atoms with Gasteiger partial charge in [-0.15, -0.1) is 0 Å². The van der Waals surface area contributed by atoms with Crippen molar-refractivity contribution in [2.45, 2.75) is 12.3 Å². The smallest absolute Gasteiger partial charge is 0.321 e. The monoisotopic (exact) mass is 230 g/mol. The van der Waals surface area contributed by atoms with Crippen molar-refractivity contribution in [2.24, 2.45) is 7.05 Å². The van der Waals surface area contributed by atoms with Crippen LogP contribution in [-0.4, -0.2) is 21.5 Å². The number of aromatic nitrogens is 2. The third-order valence-electron chi connectivity index (χ3n) is 3.01. The predicted octanol–water partition coefficient (Wildman–Crippen LogP) is 1.13. The molecule has 5 heteroatoms. The predicted molar refractivity (Wildman–Crippen MR) is 59.2 cm³/mol. The number of nitrogens with zero attached hydrogens (tertiary/aromatic N) is 2. The molecule has 17 heavy (non-hydrogen) atoms. The van der Waals surface area contributed by atoms with E-state index in [0.29, 0.717) is 0 Å². The van der Waals surface area contributed by atoms with E-state index in [1.165, 1.54) is 0 Å². The van der Waals surface area contributed by atoms with Gasteiger partial charge in [0.2, 0.25) is 0 Å². The normalized spacial score (nSPS) is 19.9. The average molecular weight is 230 g/mol. The van der Waals surface area contributed by atoms with Crippen molar-refractivity contribution in [1.82, 2.24) is 9.55 Å². The van der Waals surface area contributed by atoms with Gasteiger partial charge in [-0.05, 0) is 17.7 Å². The number of aryl methyl sites for hydroxylation is 1. The van der Waals surface area contributed by atoms with Gasteiger partial charge in [-0.25, -0.2) is 4.98 Å². The summed E-state index contributed by atoms with van der Waals surface area (Å²) in [6, 6.07) is 3.71. The highest BCUT2D eigenvalue weighted by molar-refractivity contribution is 6.00. The summed E-state index contributed by atoms with van der Waals surface area (Å²) in [5.74, 6) is -1.41. The van der Waals surface area contributed by atoms with Crippen molar-refractivity contribution in [3.8, 4) is 0 Å². The number of pyridine rings is 1. The molecule has 0 radical (unpaired) electrons. The summed E-state index contributed by atoms with van der Waals surface area (Å²) in [7, 11) is 1.86. The Morgan fingerprint density at radius 3 is 3.00 bits per heavy atom. The van der Waals surface area contributed by atoms with Crippen LogP contribution in [0, 0.1) is 0 Å². The molecule has 0 spiro atoms. The minimum absolute atomic E-state index is 0.118. The Bertz CT molecular complexity index is 630. The van der Waals surface area contributed by atoms with Crippen LogP contribution in [0.5, 0.6) is 0 Å². The fourth-order valence-electron chi connectivity index (χ4n) is 2.23. The van der Waals surface area contributed by atoms with Gasteiger partial charge < -0.3 is 9.30 Å². The zero-order chi connectivity index (χ0) is 12.0. The lowest BCUT2D eigenvalue weighted by atomic mass is 9.98. The summed E-state index contributed by atoms with van der Waals surface area (Å²) in [5, 5.41) is 0.895. The van der Waals surface area contributed by atoms with E-state index in [-0.39, 0.29) is 6.42 Å². The largest absolute Gasteiger partial charge is 0.393 e. The maximum atomic E-state index is 11.6. The Morgan fingerprint density at radius 2 is 2.29 bits per heavy atom. The van der Waals surface area contributed by atoms with Gasteiger partial charge in [0.1, 0.15) is 5.65 Å². The molecule has 0 bridgehead atoms. The minimum atomic E-state index is -0.490. The minimum Gasteiger partial charge on any atom is -0.393 e. The van der Waals surface area contributed by atoms with Crippen LogP contribution in [0.2, 0.25) is 0 Å². The van der Waals surface area contributed by atoms with Crippen molar-refractivity contribution >= 4 is 23.0 Å². The van der Waals surface area contributed by atoms with Crippen molar-refractivity contribution in [2.75, 3.05) is 0 Å². The molecular formula is C12H10N2O3. The summed E-state index contributed by atoms with van der Waals surface area (Å²) in [6.07, 6.45) is 3.65. The van der Waals surface area contributed by atoms with E-state index in [2.05, 4.69) is 9.72 Å². The van der Waals surface area contributed by atoms with Gasteiger partial charge in [-0.1, -0.05) is 0 Å². The molecule has 1 aliphatic heterocycles. The number of ether oxygens (including phenoxy) is 1. The molecule has 2 aromatic heterocycles. The van der Waals surface area contributed by atoms with Gasteiger partial charge in [0, 0.05) is 24.8 Å². The van der Waals surface area contributed by atoms with Crippen LogP contribution in [0.1, 0.15) is 17.9 Å². The van der Waals surface area contributed by atoms with Crippen LogP contribution in [0.3, 0.4) is 0 Å². The maximum absolute atomic E-state index is 11.6. The summed E-state index contributed by atoms with van der Waals surface area (Å²) in [6.45, 7) is 0. The number of carbonyl (C=O) groups excluding carboxylic acids is 2. The highest BCUT2D eigenvalue weighted by Crippen LogP contribution is 2.32. The van der Waals surface area contributed by atoms with Crippen LogP contribution in [-0.2, 0) is 21.4 Å². The molecule has 0 aliphatic carbocycles. The number of cyclic esters (lactones) is 2. The summed E-state index contributed by atoms with van der Waals surface area (Å²) < 4.78 is 6.43. The topological polar surface area (TPSA) is 61.2 Å². The van der Waals surface area contributed by atoms with E-state index in [9.17, 15) is 9.59 Å². The number of hydrogen-bond donors (Lipinski definition) is 0. The second kappa shape index (κ2) is 3.41. The van der Waals surface area contributed by atoms with E-state index >= 15 is 0 Å². The van der Waals surface area contributed by atoms with Crippen molar-refractivity contribution in [3.63, 3.8) is 0 Å². The molecule has 5 nitrogen and oxygen atoms in total. The third-order valence-corrected chi connectivity index (χ3v) is 3.01. The van der Waals surface area contributed by atoms with Gasteiger partial charge in [-0.2, -0.15) is 0 Å². The fourth-order valence-corrected chi connectivity index (χ4v) is 2.23. The van der Waals surface area contributed by atoms with Gasteiger partial charge in [0.25, 0.3) is 0 Å². The Hall–Kier alpha value is -2.17. The van der Waals surface area contributed by atoms with Crippen LogP contribution >= 0.6 is 0 Å². The molecule has 1 atom stereocenters. The van der Waals surface area contributed by atoms with Gasteiger partial charge in [0.05, 0.1) is 12.3 Å². The number of fused-ring (bicyclic) bond motifs is 1. The molecular weight excluding hydrogens is 220 g/mol. The lowest BCUT2D eigenvalue weighted by Gasteiger charge is -2.01. The Kier molecular flexibility index (Phi) is 2.01. The Morgan fingerprint density at radius 1 is 1.47 bits per heavy atom. The number of hydrogen-bond acceptors (Lipinski definition) is 4. The number of carbonyl (C=O) groups is 2. The second-order valence-corrected chi connectivity index (χ2v) is 4.12. The lowest BCUT2D eigenvalue weighted by Crippen LogP contribution is -2.04. The number of esters is 2. The molecule has 1 aliphatic rings. The second-order valence-electron chi connectivity index (χ2n) is 4.12. The highest BCUT2D eigenvalue weighted by Gasteiger charge is 2.36. The molecule has 3 rings (SSSR count). The molecule has 3 heterocycles. The van der Waals surface area contributed by atoms with Gasteiger partial charge in [0.15, 0.2) is 0 Å².